The molecule has 14 heteroatoms. The smallest absolute Gasteiger partial charge is 0.312 e. The Labute approximate surface area is 235 Å². The standard InChI is InChI=1S/C26H32FN5O7S/c1-7-26(12-37-23(35)14(2)3)17(38-24(36)15(4)5)11-19(39-26)32-13-28-20-21(30-25(27)31-22(20)32)29-18(34)9-8-10-40-16(6)33/h1,13-15,17,19H,8-12H2,2-6H3,(H,29,30,31,34)/t17-,19+,26+/m0/s1. The number of anilines is 1. The topological polar surface area (TPSA) is 152 Å². The molecule has 1 aliphatic heterocycles. The minimum Gasteiger partial charge on any atom is -0.461 e. The summed E-state index contributed by atoms with van der Waals surface area (Å²) in [6, 6.07) is 0. The van der Waals surface area contributed by atoms with Crippen LogP contribution in [0.4, 0.5) is 10.2 Å². The Morgan fingerprint density at radius 2 is 1.95 bits per heavy atom. The van der Waals surface area contributed by atoms with Crippen molar-refractivity contribution in [3.8, 4) is 12.3 Å². The van der Waals surface area contributed by atoms with Gasteiger partial charge in [0, 0.05) is 25.5 Å². The summed E-state index contributed by atoms with van der Waals surface area (Å²) < 4.78 is 33.0. The molecule has 12 nitrogen and oxygen atoms in total. The van der Waals surface area contributed by atoms with Crippen LogP contribution in [0.15, 0.2) is 6.33 Å². The highest BCUT2D eigenvalue weighted by Gasteiger charge is 2.52. The molecule has 0 spiro atoms. The first-order valence-corrected chi connectivity index (χ1v) is 13.7. The monoisotopic (exact) mass is 577 g/mol. The number of halogens is 1. The van der Waals surface area contributed by atoms with Crippen LogP contribution in [0, 0.1) is 30.3 Å². The van der Waals surface area contributed by atoms with E-state index in [9.17, 15) is 23.6 Å². The van der Waals surface area contributed by atoms with Gasteiger partial charge in [0.2, 0.25) is 11.5 Å². The van der Waals surface area contributed by atoms with Gasteiger partial charge >= 0.3 is 18.0 Å². The number of carbonyl (C=O) groups is 4. The van der Waals surface area contributed by atoms with Gasteiger partial charge in [0.1, 0.15) is 18.9 Å². The van der Waals surface area contributed by atoms with Gasteiger partial charge in [-0.15, -0.1) is 6.42 Å². The molecular weight excluding hydrogens is 545 g/mol. The Kier molecular flexibility index (Phi) is 10.2. The molecule has 3 rings (SSSR count). The normalized spacial score (nSPS) is 20.5. The Hall–Kier alpha value is -3.57. The zero-order valence-corrected chi connectivity index (χ0v) is 23.7. The molecule has 3 atom stereocenters. The molecule has 216 valence electrons. The number of rotatable bonds is 11. The largest absolute Gasteiger partial charge is 0.461 e. The molecule has 0 saturated carbocycles. The number of nitrogens with one attached hydrogen (secondary N) is 1. The van der Waals surface area contributed by atoms with Gasteiger partial charge in [-0.1, -0.05) is 45.4 Å². The molecule has 0 radical (unpaired) electrons. The Morgan fingerprint density at radius 3 is 2.58 bits per heavy atom. The van der Waals surface area contributed by atoms with E-state index in [1.165, 1.54) is 17.8 Å². The number of aromatic nitrogens is 4. The first-order chi connectivity index (χ1) is 18.9. The number of imidazole rings is 1. The number of esters is 2. The van der Waals surface area contributed by atoms with Crippen LogP contribution in [-0.4, -0.2) is 66.5 Å². The van der Waals surface area contributed by atoms with E-state index < -0.39 is 53.7 Å². The summed E-state index contributed by atoms with van der Waals surface area (Å²) >= 11 is 1.11. The second kappa shape index (κ2) is 13.2. The highest BCUT2D eigenvalue weighted by Crippen LogP contribution is 2.40. The van der Waals surface area contributed by atoms with Crippen LogP contribution >= 0.6 is 11.8 Å². The molecular formula is C26H32FN5O7S. The van der Waals surface area contributed by atoms with Crippen molar-refractivity contribution in [3.05, 3.63) is 12.4 Å². The molecule has 0 aliphatic carbocycles. The summed E-state index contributed by atoms with van der Waals surface area (Å²) in [4.78, 5) is 59.9. The van der Waals surface area contributed by atoms with Crippen LogP contribution < -0.4 is 5.32 Å². The van der Waals surface area contributed by atoms with E-state index in [4.69, 9.17) is 20.6 Å². The van der Waals surface area contributed by atoms with Gasteiger partial charge in [-0.2, -0.15) is 14.4 Å². The summed E-state index contributed by atoms with van der Waals surface area (Å²) in [6.07, 6.45) is 4.63. The van der Waals surface area contributed by atoms with E-state index in [0.29, 0.717) is 12.2 Å². The maximum Gasteiger partial charge on any atom is 0.312 e. The first kappa shape index (κ1) is 31.0. The SMILES string of the molecule is C#C[C@]1(COC(=O)C(C)C)O[C@@H](n2cnc3c(NC(=O)CCCSC(C)=O)nc(F)nc32)C[C@@H]1OC(=O)C(C)C. The molecule has 0 aromatic carbocycles. The van der Waals surface area contributed by atoms with Crippen molar-refractivity contribution in [1.82, 2.24) is 19.5 Å². The lowest BCUT2D eigenvalue weighted by Crippen LogP contribution is -2.46. The van der Waals surface area contributed by atoms with Crippen LogP contribution in [0.5, 0.6) is 0 Å². The maximum atomic E-state index is 14.5. The number of fused-ring (bicyclic) bond motifs is 1. The quantitative estimate of drug-likeness (QED) is 0.182. The molecule has 3 heterocycles. The fourth-order valence-electron chi connectivity index (χ4n) is 3.80. The highest BCUT2D eigenvalue weighted by molar-refractivity contribution is 8.13. The fourth-order valence-corrected chi connectivity index (χ4v) is 4.38. The predicted octanol–water partition coefficient (Wildman–Crippen LogP) is 3.02. The summed E-state index contributed by atoms with van der Waals surface area (Å²) in [5.41, 5.74) is -1.53. The van der Waals surface area contributed by atoms with Crippen molar-refractivity contribution in [1.29, 1.82) is 0 Å². The molecule has 1 saturated heterocycles. The Morgan fingerprint density at radius 1 is 1.25 bits per heavy atom. The van der Waals surface area contributed by atoms with Gasteiger partial charge in [-0.3, -0.25) is 23.7 Å². The summed E-state index contributed by atoms with van der Waals surface area (Å²) in [6.45, 7) is 7.70. The van der Waals surface area contributed by atoms with E-state index in [-0.39, 0.29) is 41.5 Å². The van der Waals surface area contributed by atoms with E-state index in [2.05, 4.69) is 26.2 Å². The van der Waals surface area contributed by atoms with Crippen LogP contribution in [-0.2, 0) is 33.4 Å². The van der Waals surface area contributed by atoms with E-state index in [1.807, 2.05) is 0 Å². The Bertz CT molecular complexity index is 1320. The van der Waals surface area contributed by atoms with Crippen molar-refractivity contribution < 1.29 is 37.8 Å². The molecule has 1 fully saturated rings. The lowest BCUT2D eigenvalue weighted by molar-refractivity contribution is -0.170. The van der Waals surface area contributed by atoms with Crippen molar-refractivity contribution in [2.45, 2.75) is 71.8 Å². The first-order valence-electron chi connectivity index (χ1n) is 12.7. The van der Waals surface area contributed by atoms with E-state index >= 15 is 0 Å². The average molecular weight is 578 g/mol. The molecule has 2 aromatic heterocycles. The van der Waals surface area contributed by atoms with Gasteiger partial charge in [0.15, 0.2) is 22.1 Å². The summed E-state index contributed by atoms with van der Waals surface area (Å²) in [5.74, 6) is 0.449. The number of ether oxygens (including phenoxy) is 3. The zero-order valence-electron chi connectivity index (χ0n) is 22.9. The van der Waals surface area contributed by atoms with Crippen molar-refractivity contribution >= 4 is 51.7 Å². The minimum atomic E-state index is -1.63. The molecule has 40 heavy (non-hydrogen) atoms. The van der Waals surface area contributed by atoms with Gasteiger partial charge in [-0.05, 0) is 6.42 Å². The number of amides is 1. The van der Waals surface area contributed by atoms with Crippen LogP contribution in [0.25, 0.3) is 11.2 Å². The molecule has 1 aliphatic rings. The third-order valence-corrected chi connectivity index (χ3v) is 6.87. The molecule has 0 unspecified atom stereocenters. The number of hydrogen-bond acceptors (Lipinski definition) is 11. The summed E-state index contributed by atoms with van der Waals surface area (Å²) in [5, 5.41) is 2.49. The lowest BCUT2D eigenvalue weighted by atomic mass is 9.98. The second-order valence-electron chi connectivity index (χ2n) is 9.84. The van der Waals surface area contributed by atoms with Crippen LogP contribution in [0.2, 0.25) is 0 Å². The van der Waals surface area contributed by atoms with Gasteiger partial charge in [0.25, 0.3) is 0 Å². The fraction of sp³-hybridized carbons (Fsp3) is 0.577. The highest BCUT2D eigenvalue weighted by atomic mass is 32.2. The zero-order chi connectivity index (χ0) is 29.6. The number of nitrogens with zero attached hydrogens (tertiary/aromatic N) is 4. The molecule has 1 N–H and O–H groups in total. The second-order valence-corrected chi connectivity index (χ2v) is 11.1. The maximum absolute atomic E-state index is 14.5. The Balaban J connectivity index is 1.88. The van der Waals surface area contributed by atoms with Crippen molar-refractivity contribution in [3.63, 3.8) is 0 Å². The molecule has 2 aromatic rings. The van der Waals surface area contributed by atoms with Gasteiger partial charge < -0.3 is 19.5 Å². The predicted molar refractivity (Wildman–Crippen MR) is 143 cm³/mol. The summed E-state index contributed by atoms with van der Waals surface area (Å²) in [7, 11) is 0. The molecule has 0 bridgehead atoms. The van der Waals surface area contributed by atoms with E-state index in [1.54, 1.807) is 27.7 Å². The van der Waals surface area contributed by atoms with Gasteiger partial charge in [-0.25, -0.2) is 4.98 Å². The number of carbonyl (C=O) groups excluding carboxylic acids is 4. The number of hydrogen-bond donors (Lipinski definition) is 1. The van der Waals surface area contributed by atoms with Crippen molar-refractivity contribution in [2.75, 3.05) is 17.7 Å². The van der Waals surface area contributed by atoms with Gasteiger partial charge in [0.05, 0.1) is 18.2 Å². The molecule has 1 amide bonds. The van der Waals surface area contributed by atoms with Crippen LogP contribution in [0.1, 0.15) is 60.1 Å². The number of terminal acetylenes is 1. The lowest BCUT2D eigenvalue weighted by Gasteiger charge is -2.29. The number of thioether (sulfide) groups is 1. The minimum absolute atomic E-state index is 0.000804. The van der Waals surface area contributed by atoms with E-state index in [0.717, 1.165) is 11.8 Å². The van der Waals surface area contributed by atoms with Crippen molar-refractivity contribution in [2.24, 2.45) is 11.8 Å². The average Bonchev–Trinajstić information content (AvgIpc) is 3.46. The third-order valence-electron chi connectivity index (χ3n) is 5.97. The van der Waals surface area contributed by atoms with Crippen LogP contribution in [0.3, 0.4) is 0 Å². The third kappa shape index (κ3) is 7.33.